The highest BCUT2D eigenvalue weighted by Gasteiger charge is 2.23. The maximum Gasteiger partial charge on any atom is 0.215 e. The number of nitrogens with zero attached hydrogens (tertiary/aromatic N) is 2. The summed E-state index contributed by atoms with van der Waals surface area (Å²) in [6.07, 6.45) is 1.52. The summed E-state index contributed by atoms with van der Waals surface area (Å²) in [5, 5.41) is 4.42. The Morgan fingerprint density at radius 1 is 1.47 bits per heavy atom. The first-order chi connectivity index (χ1) is 8.91. The third kappa shape index (κ3) is 2.72. The van der Waals surface area contributed by atoms with Crippen molar-refractivity contribution in [2.75, 3.05) is 0 Å². The minimum atomic E-state index is -0.599. The van der Waals surface area contributed by atoms with Crippen LogP contribution in [-0.2, 0) is 0 Å². The second-order valence-corrected chi connectivity index (χ2v) is 5.62. The molecular weight excluding hydrogens is 335 g/mol. The second kappa shape index (κ2) is 5.43. The van der Waals surface area contributed by atoms with Crippen molar-refractivity contribution < 1.29 is 9.18 Å². The van der Waals surface area contributed by atoms with Gasteiger partial charge in [0.05, 0.1) is 16.2 Å². The summed E-state index contributed by atoms with van der Waals surface area (Å²) in [5.41, 5.74) is 0.256. The van der Waals surface area contributed by atoms with Gasteiger partial charge in [0, 0.05) is 11.1 Å². The lowest BCUT2D eigenvalue weighted by Crippen LogP contribution is -2.15. The summed E-state index contributed by atoms with van der Waals surface area (Å²) < 4.78 is 15.8. The van der Waals surface area contributed by atoms with Gasteiger partial charge in [-0.3, -0.25) is 9.48 Å². The monoisotopic (exact) mass is 344 g/mol. The Hall–Kier alpha value is -1.20. The molecule has 0 bridgehead atoms. The van der Waals surface area contributed by atoms with Gasteiger partial charge in [-0.1, -0.05) is 11.6 Å². The normalized spacial score (nSPS) is 11.1. The fourth-order valence-corrected chi connectivity index (χ4v) is 2.37. The number of carbonyl (C=O) groups is 1. The minimum absolute atomic E-state index is 0.00695. The Bertz CT molecular complexity index is 640. The number of halogens is 3. The zero-order valence-corrected chi connectivity index (χ0v) is 12.7. The molecule has 2 aromatic rings. The van der Waals surface area contributed by atoms with Crippen molar-refractivity contribution in [3.63, 3.8) is 0 Å². The SMILES string of the molecule is CC(C)n1ncc(Br)c1C(=O)c1cc(Cl)ccc1F. The Balaban J connectivity index is 2.56. The Labute approximate surface area is 123 Å². The molecule has 0 radical (unpaired) electrons. The highest BCUT2D eigenvalue weighted by molar-refractivity contribution is 9.10. The molecule has 0 N–H and O–H groups in total. The van der Waals surface area contributed by atoms with Gasteiger partial charge in [0.15, 0.2) is 0 Å². The largest absolute Gasteiger partial charge is 0.287 e. The molecular formula is C13H11BrClFN2O. The van der Waals surface area contributed by atoms with Gasteiger partial charge in [0.2, 0.25) is 5.78 Å². The molecule has 0 saturated heterocycles. The van der Waals surface area contributed by atoms with Crippen LogP contribution >= 0.6 is 27.5 Å². The van der Waals surface area contributed by atoms with E-state index in [0.717, 1.165) is 0 Å². The van der Waals surface area contributed by atoms with Crippen molar-refractivity contribution in [3.8, 4) is 0 Å². The first-order valence-electron chi connectivity index (χ1n) is 5.64. The maximum absolute atomic E-state index is 13.8. The summed E-state index contributed by atoms with van der Waals surface area (Å²) >= 11 is 9.08. The van der Waals surface area contributed by atoms with Crippen molar-refractivity contribution >= 4 is 33.3 Å². The lowest BCUT2D eigenvalue weighted by molar-refractivity contribution is 0.102. The molecule has 6 heteroatoms. The first kappa shape index (κ1) is 14.2. The second-order valence-electron chi connectivity index (χ2n) is 4.33. The topological polar surface area (TPSA) is 34.9 Å². The van der Waals surface area contributed by atoms with Crippen molar-refractivity contribution in [2.45, 2.75) is 19.9 Å². The van der Waals surface area contributed by atoms with Crippen LogP contribution in [0.3, 0.4) is 0 Å². The fraction of sp³-hybridized carbons (Fsp3) is 0.231. The lowest BCUT2D eigenvalue weighted by atomic mass is 10.1. The molecule has 0 aliphatic heterocycles. The smallest absolute Gasteiger partial charge is 0.215 e. The van der Waals surface area contributed by atoms with Crippen LogP contribution < -0.4 is 0 Å². The van der Waals surface area contributed by atoms with Crippen molar-refractivity contribution in [1.29, 1.82) is 0 Å². The van der Waals surface area contributed by atoms with E-state index in [-0.39, 0.29) is 11.6 Å². The Kier molecular flexibility index (Phi) is 4.06. The number of benzene rings is 1. The number of aromatic nitrogens is 2. The minimum Gasteiger partial charge on any atom is -0.287 e. The predicted octanol–water partition coefficient (Wildman–Crippen LogP) is 4.25. The Morgan fingerprint density at radius 3 is 2.79 bits per heavy atom. The average molecular weight is 346 g/mol. The number of carbonyl (C=O) groups excluding carboxylic acids is 1. The molecule has 0 atom stereocenters. The van der Waals surface area contributed by atoms with E-state index in [0.29, 0.717) is 15.2 Å². The van der Waals surface area contributed by atoms with E-state index in [9.17, 15) is 9.18 Å². The van der Waals surface area contributed by atoms with Crippen molar-refractivity contribution in [1.82, 2.24) is 9.78 Å². The fourth-order valence-electron chi connectivity index (χ4n) is 1.74. The van der Waals surface area contributed by atoms with Crippen LogP contribution in [0.5, 0.6) is 0 Å². The summed E-state index contributed by atoms with van der Waals surface area (Å²) in [6.45, 7) is 3.79. The summed E-state index contributed by atoms with van der Waals surface area (Å²) in [4.78, 5) is 12.4. The van der Waals surface area contributed by atoms with E-state index < -0.39 is 11.6 Å². The first-order valence-corrected chi connectivity index (χ1v) is 6.81. The van der Waals surface area contributed by atoms with Gasteiger partial charge in [0.25, 0.3) is 0 Å². The molecule has 0 aliphatic carbocycles. The molecule has 19 heavy (non-hydrogen) atoms. The van der Waals surface area contributed by atoms with E-state index in [4.69, 9.17) is 11.6 Å². The predicted molar refractivity (Wildman–Crippen MR) is 75.2 cm³/mol. The van der Waals surface area contributed by atoms with Gasteiger partial charge in [0.1, 0.15) is 11.5 Å². The van der Waals surface area contributed by atoms with Gasteiger partial charge in [-0.15, -0.1) is 0 Å². The summed E-state index contributed by atoms with van der Waals surface area (Å²) in [6, 6.07) is 3.90. The summed E-state index contributed by atoms with van der Waals surface area (Å²) in [7, 11) is 0. The van der Waals surface area contributed by atoms with Gasteiger partial charge >= 0.3 is 0 Å². The number of hydrogen-bond donors (Lipinski definition) is 0. The van der Waals surface area contributed by atoms with Crippen LogP contribution in [-0.4, -0.2) is 15.6 Å². The van der Waals surface area contributed by atoms with Crippen molar-refractivity contribution in [2.24, 2.45) is 0 Å². The molecule has 2 rings (SSSR count). The summed E-state index contributed by atoms with van der Waals surface area (Å²) in [5.74, 6) is -1.05. The molecule has 0 aliphatic rings. The van der Waals surface area contributed by atoms with Gasteiger partial charge < -0.3 is 0 Å². The quantitative estimate of drug-likeness (QED) is 0.780. The van der Waals surface area contributed by atoms with Crippen LogP contribution in [0.1, 0.15) is 35.9 Å². The molecule has 0 fully saturated rings. The van der Waals surface area contributed by atoms with Crippen molar-refractivity contribution in [3.05, 3.63) is 51.0 Å². The van der Waals surface area contributed by atoms with Crippen LogP contribution in [0.25, 0.3) is 0 Å². The molecule has 100 valence electrons. The highest BCUT2D eigenvalue weighted by atomic mass is 79.9. The molecule has 0 spiro atoms. The molecule has 1 aromatic carbocycles. The average Bonchev–Trinajstić information content (AvgIpc) is 2.73. The van der Waals surface area contributed by atoms with Crippen LogP contribution in [0.2, 0.25) is 5.02 Å². The van der Waals surface area contributed by atoms with Crippen LogP contribution in [0.4, 0.5) is 4.39 Å². The van der Waals surface area contributed by atoms with E-state index in [1.165, 1.54) is 24.4 Å². The van der Waals surface area contributed by atoms with Crippen LogP contribution in [0.15, 0.2) is 28.9 Å². The third-order valence-electron chi connectivity index (χ3n) is 2.63. The molecule has 0 unspecified atom stereocenters. The number of hydrogen-bond acceptors (Lipinski definition) is 2. The highest BCUT2D eigenvalue weighted by Crippen LogP contribution is 2.25. The number of ketones is 1. The molecule has 1 heterocycles. The third-order valence-corrected chi connectivity index (χ3v) is 3.44. The zero-order valence-electron chi connectivity index (χ0n) is 10.3. The standard InChI is InChI=1S/C13H11BrClFN2O/c1-7(2)18-12(10(14)6-17-18)13(19)9-5-8(15)3-4-11(9)16/h3-7H,1-2H3. The van der Waals surface area contributed by atoms with Gasteiger partial charge in [-0.2, -0.15) is 5.10 Å². The maximum atomic E-state index is 13.8. The van der Waals surface area contributed by atoms with E-state index in [1.807, 2.05) is 13.8 Å². The molecule has 0 amide bonds. The molecule has 3 nitrogen and oxygen atoms in total. The number of rotatable bonds is 3. The Morgan fingerprint density at radius 2 is 2.16 bits per heavy atom. The van der Waals surface area contributed by atoms with Gasteiger partial charge in [-0.25, -0.2) is 4.39 Å². The molecule has 1 aromatic heterocycles. The van der Waals surface area contributed by atoms with Gasteiger partial charge in [-0.05, 0) is 48.0 Å². The zero-order chi connectivity index (χ0) is 14.2. The molecule has 0 saturated carbocycles. The van der Waals surface area contributed by atoms with E-state index in [1.54, 1.807) is 4.68 Å². The van der Waals surface area contributed by atoms with E-state index in [2.05, 4.69) is 21.0 Å². The van der Waals surface area contributed by atoms with Crippen LogP contribution in [0, 0.1) is 5.82 Å². The lowest BCUT2D eigenvalue weighted by Gasteiger charge is -2.11. The van der Waals surface area contributed by atoms with E-state index >= 15 is 0 Å².